The van der Waals surface area contributed by atoms with Crippen LogP contribution in [0.2, 0.25) is 5.02 Å². The Kier molecular flexibility index (Phi) is 10.4. The van der Waals surface area contributed by atoms with Gasteiger partial charge in [-0.2, -0.15) is 0 Å². The van der Waals surface area contributed by atoms with Crippen molar-refractivity contribution in [2.24, 2.45) is 0 Å². The van der Waals surface area contributed by atoms with Crippen molar-refractivity contribution in [3.8, 4) is 0 Å². The van der Waals surface area contributed by atoms with E-state index in [0.717, 1.165) is 21.9 Å². The summed E-state index contributed by atoms with van der Waals surface area (Å²) in [6, 6.07) is 11.9. The van der Waals surface area contributed by atoms with Crippen molar-refractivity contribution in [3.63, 3.8) is 0 Å². The number of sulfonamides is 1. The lowest BCUT2D eigenvalue weighted by molar-refractivity contribution is -0.140. The Bertz CT molecular complexity index is 1110. The summed E-state index contributed by atoms with van der Waals surface area (Å²) in [5.41, 5.74) is 2.15. The van der Waals surface area contributed by atoms with Gasteiger partial charge >= 0.3 is 0 Å². The molecular weight excluding hydrogens is 542 g/mol. The third-order valence-corrected chi connectivity index (χ3v) is 7.32. The summed E-state index contributed by atoms with van der Waals surface area (Å²) in [7, 11) is -3.58. The molecular formula is C24H31BrClN3O4S. The fourth-order valence-electron chi connectivity index (χ4n) is 3.52. The van der Waals surface area contributed by atoms with E-state index in [9.17, 15) is 18.0 Å². The molecule has 186 valence electrons. The van der Waals surface area contributed by atoms with E-state index in [1.54, 1.807) is 25.1 Å². The van der Waals surface area contributed by atoms with Crippen LogP contribution in [-0.4, -0.2) is 50.5 Å². The molecule has 10 heteroatoms. The molecule has 2 aromatic rings. The molecule has 0 heterocycles. The molecule has 2 aromatic carbocycles. The van der Waals surface area contributed by atoms with Gasteiger partial charge in [0.15, 0.2) is 0 Å². The standard InChI is InChI=1S/C24H31BrClN3O4S/c1-5-27-24(31)18(3)28(16-19-9-11-20(25)12-10-19)23(30)7-6-14-29(34(4,32)33)22-15-21(26)13-8-17(22)2/h8-13,15,18H,5-7,14,16H2,1-4H3,(H,27,31)/t18-/m0/s1. The number of amides is 2. The van der Waals surface area contributed by atoms with Gasteiger partial charge in [-0.05, 0) is 62.6 Å². The van der Waals surface area contributed by atoms with Gasteiger partial charge in [-0.1, -0.05) is 45.7 Å². The Morgan fingerprint density at radius 3 is 2.38 bits per heavy atom. The molecule has 2 amide bonds. The third kappa shape index (κ3) is 7.99. The first-order chi connectivity index (χ1) is 15.9. The van der Waals surface area contributed by atoms with Gasteiger partial charge in [0.05, 0.1) is 11.9 Å². The Labute approximate surface area is 215 Å². The first-order valence-electron chi connectivity index (χ1n) is 11.0. The number of aryl methyl sites for hydroxylation is 1. The lowest BCUT2D eigenvalue weighted by atomic mass is 10.1. The van der Waals surface area contributed by atoms with Gasteiger partial charge in [-0.25, -0.2) is 8.42 Å². The van der Waals surface area contributed by atoms with Gasteiger partial charge in [0.2, 0.25) is 21.8 Å². The van der Waals surface area contributed by atoms with Crippen LogP contribution in [0.5, 0.6) is 0 Å². The van der Waals surface area contributed by atoms with E-state index in [4.69, 9.17) is 11.6 Å². The zero-order valence-corrected chi connectivity index (χ0v) is 23.0. The van der Waals surface area contributed by atoms with Crippen molar-refractivity contribution >= 4 is 55.1 Å². The van der Waals surface area contributed by atoms with Gasteiger partial charge in [-0.15, -0.1) is 0 Å². The second-order valence-corrected chi connectivity index (χ2v) is 11.3. The van der Waals surface area contributed by atoms with Crippen LogP contribution in [0.3, 0.4) is 0 Å². The highest BCUT2D eigenvalue weighted by Crippen LogP contribution is 2.27. The fraction of sp³-hybridized carbons (Fsp3) is 0.417. The van der Waals surface area contributed by atoms with Gasteiger partial charge in [-0.3, -0.25) is 13.9 Å². The molecule has 7 nitrogen and oxygen atoms in total. The first kappa shape index (κ1) is 28.1. The van der Waals surface area contributed by atoms with Crippen LogP contribution in [0, 0.1) is 6.92 Å². The highest BCUT2D eigenvalue weighted by Gasteiger charge is 2.26. The summed E-state index contributed by atoms with van der Waals surface area (Å²) in [5, 5.41) is 3.19. The quantitative estimate of drug-likeness (QED) is 0.429. The molecule has 0 aliphatic heterocycles. The molecule has 0 bridgehead atoms. The summed E-state index contributed by atoms with van der Waals surface area (Å²) in [6.07, 6.45) is 1.51. The summed E-state index contributed by atoms with van der Waals surface area (Å²) < 4.78 is 27.1. The Balaban J connectivity index is 2.18. The van der Waals surface area contributed by atoms with Gasteiger partial charge < -0.3 is 10.2 Å². The maximum Gasteiger partial charge on any atom is 0.242 e. The minimum atomic E-state index is -3.58. The lowest BCUT2D eigenvalue weighted by Crippen LogP contribution is -2.47. The number of nitrogens with zero attached hydrogens (tertiary/aromatic N) is 2. The zero-order valence-electron chi connectivity index (χ0n) is 19.8. The lowest BCUT2D eigenvalue weighted by Gasteiger charge is -2.29. The molecule has 0 aliphatic rings. The molecule has 0 radical (unpaired) electrons. The van der Waals surface area contributed by atoms with Crippen molar-refractivity contribution < 1.29 is 18.0 Å². The molecule has 0 spiro atoms. The van der Waals surface area contributed by atoms with Gasteiger partial charge in [0.25, 0.3) is 0 Å². The van der Waals surface area contributed by atoms with E-state index in [1.807, 2.05) is 38.1 Å². The summed E-state index contributed by atoms with van der Waals surface area (Å²) in [4.78, 5) is 27.2. The maximum absolute atomic E-state index is 13.2. The molecule has 34 heavy (non-hydrogen) atoms. The minimum absolute atomic E-state index is 0.0892. The predicted molar refractivity (Wildman–Crippen MR) is 140 cm³/mol. The smallest absolute Gasteiger partial charge is 0.242 e. The highest BCUT2D eigenvalue weighted by molar-refractivity contribution is 9.10. The van der Waals surface area contributed by atoms with E-state index in [2.05, 4.69) is 21.2 Å². The Morgan fingerprint density at radius 1 is 1.15 bits per heavy atom. The van der Waals surface area contributed by atoms with Gasteiger partial charge in [0.1, 0.15) is 6.04 Å². The van der Waals surface area contributed by atoms with Crippen LogP contribution in [-0.2, 0) is 26.2 Å². The molecule has 0 saturated carbocycles. The number of benzene rings is 2. The van der Waals surface area contributed by atoms with E-state index < -0.39 is 16.1 Å². The van der Waals surface area contributed by atoms with Crippen LogP contribution in [0.25, 0.3) is 0 Å². The SMILES string of the molecule is CCNC(=O)[C@H](C)N(Cc1ccc(Br)cc1)C(=O)CCCN(c1cc(Cl)ccc1C)S(C)(=O)=O. The van der Waals surface area contributed by atoms with Crippen LogP contribution >= 0.6 is 27.5 Å². The van der Waals surface area contributed by atoms with Crippen LogP contribution in [0.4, 0.5) is 5.69 Å². The Morgan fingerprint density at radius 2 is 1.79 bits per heavy atom. The third-order valence-electron chi connectivity index (χ3n) is 5.38. The number of rotatable bonds is 11. The van der Waals surface area contributed by atoms with E-state index in [-0.39, 0.29) is 37.7 Å². The molecule has 0 aromatic heterocycles. The number of likely N-dealkylation sites (N-methyl/N-ethyl adjacent to an activating group) is 1. The first-order valence-corrected chi connectivity index (χ1v) is 14.0. The number of anilines is 1. The van der Waals surface area contributed by atoms with Crippen LogP contribution in [0.1, 0.15) is 37.8 Å². The number of hydrogen-bond donors (Lipinski definition) is 1. The molecule has 0 unspecified atom stereocenters. The second-order valence-electron chi connectivity index (χ2n) is 8.09. The van der Waals surface area contributed by atoms with Crippen molar-refractivity contribution in [1.29, 1.82) is 0 Å². The maximum atomic E-state index is 13.2. The zero-order chi connectivity index (χ0) is 25.5. The number of nitrogens with one attached hydrogen (secondary N) is 1. The average molecular weight is 573 g/mol. The van der Waals surface area contributed by atoms with E-state index in [1.165, 1.54) is 9.21 Å². The number of carbonyl (C=O) groups is 2. The normalized spacial score (nSPS) is 12.2. The summed E-state index contributed by atoms with van der Waals surface area (Å²) in [5.74, 6) is -0.460. The van der Waals surface area contributed by atoms with Crippen molar-refractivity contribution in [2.75, 3.05) is 23.7 Å². The predicted octanol–water partition coefficient (Wildman–Crippen LogP) is 4.51. The molecule has 0 saturated heterocycles. The monoisotopic (exact) mass is 571 g/mol. The molecule has 2 rings (SSSR count). The Hall–Kier alpha value is -2.10. The second kappa shape index (κ2) is 12.6. The molecule has 1 atom stereocenters. The number of carbonyl (C=O) groups excluding carboxylic acids is 2. The fourth-order valence-corrected chi connectivity index (χ4v) is 4.97. The molecule has 1 N–H and O–H groups in total. The number of halogens is 2. The van der Waals surface area contributed by atoms with Crippen LogP contribution < -0.4 is 9.62 Å². The van der Waals surface area contributed by atoms with E-state index >= 15 is 0 Å². The number of hydrogen-bond acceptors (Lipinski definition) is 4. The molecule has 0 fully saturated rings. The summed E-state index contributed by atoms with van der Waals surface area (Å²) in [6.45, 7) is 6.18. The van der Waals surface area contributed by atoms with Crippen molar-refractivity contribution in [2.45, 2.75) is 46.2 Å². The minimum Gasteiger partial charge on any atom is -0.355 e. The topological polar surface area (TPSA) is 86.8 Å². The highest BCUT2D eigenvalue weighted by atomic mass is 79.9. The van der Waals surface area contributed by atoms with E-state index in [0.29, 0.717) is 17.3 Å². The van der Waals surface area contributed by atoms with Crippen molar-refractivity contribution in [3.05, 3.63) is 63.1 Å². The average Bonchev–Trinajstić information content (AvgIpc) is 2.77. The largest absolute Gasteiger partial charge is 0.355 e. The van der Waals surface area contributed by atoms with Gasteiger partial charge in [0, 0.05) is 35.6 Å². The summed E-state index contributed by atoms with van der Waals surface area (Å²) >= 11 is 9.49. The van der Waals surface area contributed by atoms with Crippen LogP contribution in [0.15, 0.2) is 46.9 Å². The molecule has 0 aliphatic carbocycles. The van der Waals surface area contributed by atoms with Crippen molar-refractivity contribution in [1.82, 2.24) is 10.2 Å².